The second-order valence-electron chi connectivity index (χ2n) is 5.68. The van der Waals surface area contributed by atoms with E-state index in [1.807, 2.05) is 30.3 Å². The molecule has 0 amide bonds. The van der Waals surface area contributed by atoms with Gasteiger partial charge in [-0.3, -0.25) is 4.72 Å². The molecule has 3 aromatic rings. The minimum absolute atomic E-state index is 0.467. The number of hydrogen-bond donors (Lipinski definition) is 2. The zero-order valence-corrected chi connectivity index (χ0v) is 15.0. The van der Waals surface area contributed by atoms with Crippen LogP contribution in [0.25, 0.3) is 11.0 Å². The molecule has 0 spiro atoms. The molecule has 0 saturated carbocycles. The standard InChI is InChI=1S/C16H18N4O2S2/c1-11(2)24(21,22)20-13-8-6-12(7-9-13)10-17-14-4-3-5-15-16(14)19-23-18-15/h3-9,11,17,20H,10H2,1-2H3. The molecule has 0 atom stereocenters. The fourth-order valence-corrected chi connectivity index (χ4v) is 3.37. The molecule has 0 saturated heterocycles. The topological polar surface area (TPSA) is 84.0 Å². The summed E-state index contributed by atoms with van der Waals surface area (Å²) in [4.78, 5) is 0. The van der Waals surface area contributed by atoms with Gasteiger partial charge in [0.2, 0.25) is 10.0 Å². The molecule has 0 aliphatic rings. The Hall–Kier alpha value is -2.19. The molecule has 0 fully saturated rings. The molecule has 0 bridgehead atoms. The molecule has 0 unspecified atom stereocenters. The van der Waals surface area contributed by atoms with Gasteiger partial charge in [0.25, 0.3) is 0 Å². The third-order valence-corrected chi connectivity index (χ3v) is 5.91. The second-order valence-corrected chi connectivity index (χ2v) is 8.45. The van der Waals surface area contributed by atoms with Crippen LogP contribution in [0.5, 0.6) is 0 Å². The first kappa shape index (κ1) is 16.7. The van der Waals surface area contributed by atoms with Crippen LogP contribution in [0.1, 0.15) is 19.4 Å². The number of nitrogens with one attached hydrogen (secondary N) is 2. The van der Waals surface area contributed by atoms with Gasteiger partial charge in [-0.25, -0.2) is 8.42 Å². The number of hydrogen-bond acceptors (Lipinski definition) is 6. The van der Waals surface area contributed by atoms with Crippen molar-refractivity contribution < 1.29 is 8.42 Å². The molecule has 1 heterocycles. The van der Waals surface area contributed by atoms with Crippen molar-refractivity contribution in [2.24, 2.45) is 0 Å². The summed E-state index contributed by atoms with van der Waals surface area (Å²) >= 11 is 1.19. The highest BCUT2D eigenvalue weighted by Crippen LogP contribution is 2.22. The number of benzene rings is 2. The molecular weight excluding hydrogens is 344 g/mol. The van der Waals surface area contributed by atoms with Crippen molar-refractivity contribution >= 4 is 44.2 Å². The van der Waals surface area contributed by atoms with Crippen LogP contribution in [-0.2, 0) is 16.6 Å². The summed E-state index contributed by atoms with van der Waals surface area (Å²) in [6.45, 7) is 3.91. The molecule has 2 aromatic carbocycles. The van der Waals surface area contributed by atoms with E-state index in [-0.39, 0.29) is 0 Å². The zero-order chi connectivity index (χ0) is 17.2. The third-order valence-electron chi connectivity index (χ3n) is 3.60. The van der Waals surface area contributed by atoms with Crippen molar-refractivity contribution in [1.29, 1.82) is 0 Å². The van der Waals surface area contributed by atoms with E-state index in [1.54, 1.807) is 26.0 Å². The molecule has 0 aliphatic heterocycles. The van der Waals surface area contributed by atoms with Crippen molar-refractivity contribution in [1.82, 2.24) is 8.75 Å². The van der Waals surface area contributed by atoms with Crippen molar-refractivity contribution in [3.63, 3.8) is 0 Å². The number of fused-ring (bicyclic) bond motifs is 1. The number of sulfonamides is 1. The summed E-state index contributed by atoms with van der Waals surface area (Å²) in [6.07, 6.45) is 0. The van der Waals surface area contributed by atoms with Gasteiger partial charge >= 0.3 is 0 Å². The second kappa shape index (κ2) is 6.74. The fraction of sp³-hybridized carbons (Fsp3) is 0.250. The van der Waals surface area contributed by atoms with E-state index in [4.69, 9.17) is 0 Å². The van der Waals surface area contributed by atoms with E-state index in [0.717, 1.165) is 22.3 Å². The normalized spacial score (nSPS) is 11.8. The lowest BCUT2D eigenvalue weighted by atomic mass is 10.2. The predicted octanol–water partition coefficient (Wildman–Crippen LogP) is 3.45. The number of anilines is 2. The lowest BCUT2D eigenvalue weighted by Gasteiger charge is -2.11. The first-order valence-corrected chi connectivity index (χ1v) is 9.79. The summed E-state index contributed by atoms with van der Waals surface area (Å²) in [5.41, 5.74) is 4.29. The minimum Gasteiger partial charge on any atom is -0.379 e. The Morgan fingerprint density at radius 1 is 1.08 bits per heavy atom. The number of rotatable bonds is 6. The Bertz CT molecular complexity index is 934. The van der Waals surface area contributed by atoms with E-state index >= 15 is 0 Å². The number of nitrogens with zero attached hydrogens (tertiary/aromatic N) is 2. The van der Waals surface area contributed by atoms with Gasteiger partial charge in [0.05, 0.1) is 22.7 Å². The molecule has 0 aliphatic carbocycles. The molecule has 24 heavy (non-hydrogen) atoms. The van der Waals surface area contributed by atoms with Crippen molar-refractivity contribution in [2.45, 2.75) is 25.6 Å². The fourth-order valence-electron chi connectivity index (χ4n) is 2.12. The maximum atomic E-state index is 11.9. The predicted molar refractivity (Wildman–Crippen MR) is 98.9 cm³/mol. The number of aromatic nitrogens is 2. The van der Waals surface area contributed by atoms with Crippen molar-refractivity contribution in [3.05, 3.63) is 48.0 Å². The van der Waals surface area contributed by atoms with Crippen LogP contribution in [0.2, 0.25) is 0 Å². The monoisotopic (exact) mass is 362 g/mol. The van der Waals surface area contributed by atoms with Crippen molar-refractivity contribution in [2.75, 3.05) is 10.0 Å². The summed E-state index contributed by atoms with van der Waals surface area (Å²) in [5.74, 6) is 0. The lowest BCUT2D eigenvalue weighted by molar-refractivity contribution is 0.593. The SMILES string of the molecule is CC(C)S(=O)(=O)Nc1ccc(CNc2cccc3nsnc23)cc1. The molecule has 1 aromatic heterocycles. The molecule has 0 radical (unpaired) electrons. The van der Waals surface area contributed by atoms with E-state index in [0.29, 0.717) is 12.2 Å². The van der Waals surface area contributed by atoms with Crippen LogP contribution in [0.4, 0.5) is 11.4 Å². The summed E-state index contributed by atoms with van der Waals surface area (Å²) < 4.78 is 34.8. The smallest absolute Gasteiger partial charge is 0.235 e. The van der Waals surface area contributed by atoms with Gasteiger partial charge < -0.3 is 5.32 Å². The van der Waals surface area contributed by atoms with Gasteiger partial charge in [-0.05, 0) is 43.7 Å². The Morgan fingerprint density at radius 3 is 2.54 bits per heavy atom. The largest absolute Gasteiger partial charge is 0.379 e. The highest BCUT2D eigenvalue weighted by Gasteiger charge is 2.15. The maximum absolute atomic E-state index is 11.9. The maximum Gasteiger partial charge on any atom is 0.235 e. The highest BCUT2D eigenvalue weighted by atomic mass is 32.2. The van der Waals surface area contributed by atoms with Gasteiger partial charge in [-0.1, -0.05) is 18.2 Å². The van der Waals surface area contributed by atoms with E-state index in [9.17, 15) is 8.42 Å². The Labute approximate surface area is 145 Å². The Morgan fingerprint density at radius 2 is 1.83 bits per heavy atom. The molecule has 6 nitrogen and oxygen atoms in total. The van der Waals surface area contributed by atoms with Crippen molar-refractivity contribution in [3.8, 4) is 0 Å². The molecule has 3 rings (SSSR count). The molecular formula is C16H18N4O2S2. The summed E-state index contributed by atoms with van der Waals surface area (Å²) in [6, 6.07) is 13.2. The Kier molecular flexibility index (Phi) is 4.68. The Balaban J connectivity index is 1.68. The quantitative estimate of drug-likeness (QED) is 0.702. The van der Waals surface area contributed by atoms with Crippen LogP contribution in [-0.4, -0.2) is 22.4 Å². The average molecular weight is 362 g/mol. The van der Waals surface area contributed by atoms with Gasteiger partial charge in [0.15, 0.2) is 0 Å². The highest BCUT2D eigenvalue weighted by molar-refractivity contribution is 7.93. The van der Waals surface area contributed by atoms with Gasteiger partial charge in [-0.15, -0.1) is 0 Å². The molecule has 2 N–H and O–H groups in total. The van der Waals surface area contributed by atoms with Crippen LogP contribution in [0.15, 0.2) is 42.5 Å². The first-order chi connectivity index (χ1) is 11.5. The molecule has 8 heteroatoms. The van der Waals surface area contributed by atoms with Crippen LogP contribution >= 0.6 is 11.7 Å². The van der Waals surface area contributed by atoms with Gasteiger partial charge in [-0.2, -0.15) is 8.75 Å². The van der Waals surface area contributed by atoms with Crippen LogP contribution in [0, 0.1) is 0 Å². The lowest BCUT2D eigenvalue weighted by Crippen LogP contribution is -2.22. The van der Waals surface area contributed by atoms with E-state index < -0.39 is 15.3 Å². The zero-order valence-electron chi connectivity index (χ0n) is 13.4. The average Bonchev–Trinajstić information content (AvgIpc) is 3.03. The van der Waals surface area contributed by atoms with E-state index in [1.165, 1.54) is 11.7 Å². The van der Waals surface area contributed by atoms with Crippen LogP contribution in [0.3, 0.4) is 0 Å². The molecule has 126 valence electrons. The van der Waals surface area contributed by atoms with Gasteiger partial charge in [0, 0.05) is 12.2 Å². The summed E-state index contributed by atoms with van der Waals surface area (Å²) in [5, 5.41) is 2.87. The summed E-state index contributed by atoms with van der Waals surface area (Å²) in [7, 11) is -3.32. The first-order valence-electron chi connectivity index (χ1n) is 7.51. The van der Waals surface area contributed by atoms with Gasteiger partial charge in [0.1, 0.15) is 11.0 Å². The minimum atomic E-state index is -3.32. The van der Waals surface area contributed by atoms with Crippen LogP contribution < -0.4 is 10.0 Å². The van der Waals surface area contributed by atoms with E-state index in [2.05, 4.69) is 18.8 Å². The third kappa shape index (κ3) is 3.65.